The summed E-state index contributed by atoms with van der Waals surface area (Å²) in [6, 6.07) is 18.8. The molecule has 0 bridgehead atoms. The number of likely N-dealkylation sites (tertiary alicyclic amines) is 2. The van der Waals surface area contributed by atoms with Gasteiger partial charge in [-0.05, 0) is 139 Å². The number of hydrogen-bond acceptors (Lipinski definition) is 7. The van der Waals surface area contributed by atoms with Crippen LogP contribution in [0.15, 0.2) is 59.4 Å². The maximum absolute atomic E-state index is 13.1. The number of anilines is 1. The van der Waals surface area contributed by atoms with Gasteiger partial charge in [0.15, 0.2) is 0 Å². The number of carbonyl (C=O) groups is 2. The average molecular weight is 777 g/mol. The van der Waals surface area contributed by atoms with E-state index >= 15 is 0 Å². The van der Waals surface area contributed by atoms with Gasteiger partial charge in [-0.1, -0.05) is 35.9 Å². The zero-order valence-electron chi connectivity index (χ0n) is 32.9. The predicted molar refractivity (Wildman–Crippen MR) is 221 cm³/mol. The zero-order valence-corrected chi connectivity index (χ0v) is 33.6. The molecule has 11 heteroatoms. The number of urea groups is 1. The molecule has 0 radical (unpaired) electrons. The molecule has 1 aliphatic carbocycles. The number of benzene rings is 3. The number of fused-ring (bicyclic) bond motifs is 5. The highest BCUT2D eigenvalue weighted by molar-refractivity contribution is 6.35. The Morgan fingerprint density at radius 1 is 0.857 bits per heavy atom. The van der Waals surface area contributed by atoms with E-state index in [4.69, 9.17) is 16.3 Å². The molecule has 4 aromatic rings. The number of ether oxygens (including phenoxy) is 1. The summed E-state index contributed by atoms with van der Waals surface area (Å²) in [5.74, 6) is 2.67. The average Bonchev–Trinajstić information content (AvgIpc) is 3.42. The molecule has 9 rings (SSSR count). The number of nitrogens with one attached hydrogen (secondary N) is 1. The van der Waals surface area contributed by atoms with Gasteiger partial charge in [-0.2, -0.15) is 4.98 Å². The van der Waals surface area contributed by atoms with Gasteiger partial charge in [0.25, 0.3) is 5.56 Å². The summed E-state index contributed by atoms with van der Waals surface area (Å²) >= 11 is 6.52. The third-order valence-corrected chi connectivity index (χ3v) is 14.0. The van der Waals surface area contributed by atoms with Crippen LogP contribution in [0.4, 0.5) is 10.5 Å². The van der Waals surface area contributed by atoms with E-state index in [9.17, 15) is 14.4 Å². The van der Waals surface area contributed by atoms with Gasteiger partial charge in [-0.15, -0.1) is 0 Å². The first-order valence-corrected chi connectivity index (χ1v) is 21.1. The second-order valence-electron chi connectivity index (χ2n) is 17.4. The van der Waals surface area contributed by atoms with Crippen molar-refractivity contribution < 1.29 is 14.3 Å². The standard InChI is InChI=1S/C45H53ClN6O4/c1-28-36(51-25-20-40(53)47-44(51)55)7-5-9-39(28)56-33-18-21-49(22-19-33)27-29-10-13-32(14-11-29)50-23-16-30(17-24-50)31-12-15-34-38(26-31)52-37-8-4-6-35(46)41(37)42(54)48-43(52)45(34,2)3/h4-9,12,15,26,29-30,32-33H,10-11,13-14,16-25,27H2,1-3H3,(H,47,53,55). The normalized spacial score (nSPS) is 23.6. The molecule has 0 atom stereocenters. The Balaban J connectivity index is 0.756. The minimum Gasteiger partial charge on any atom is -0.490 e. The molecule has 5 aliphatic rings. The number of hydrogen-bond donors (Lipinski definition) is 1. The molecule has 1 saturated carbocycles. The Labute approximate surface area is 334 Å². The summed E-state index contributed by atoms with van der Waals surface area (Å²) in [7, 11) is 0. The van der Waals surface area contributed by atoms with Gasteiger partial charge in [0.05, 0.1) is 32.7 Å². The molecule has 1 N–H and O–H groups in total. The van der Waals surface area contributed by atoms with Crippen LogP contribution < -0.4 is 20.5 Å². The van der Waals surface area contributed by atoms with Crippen molar-refractivity contribution in [2.75, 3.05) is 44.2 Å². The van der Waals surface area contributed by atoms with Crippen molar-refractivity contribution in [1.82, 2.24) is 24.7 Å². The zero-order chi connectivity index (χ0) is 38.7. The van der Waals surface area contributed by atoms with Crippen molar-refractivity contribution in [2.45, 2.75) is 102 Å². The largest absolute Gasteiger partial charge is 0.490 e. The first kappa shape index (κ1) is 37.3. The lowest BCUT2D eigenvalue weighted by molar-refractivity contribution is -0.120. The highest BCUT2D eigenvalue weighted by Gasteiger charge is 2.40. The molecule has 5 heterocycles. The minimum atomic E-state index is -0.371. The highest BCUT2D eigenvalue weighted by Crippen LogP contribution is 2.45. The topological polar surface area (TPSA) is 100 Å². The van der Waals surface area contributed by atoms with Crippen LogP contribution in [0.1, 0.15) is 100 Å². The minimum absolute atomic E-state index is 0.164. The lowest BCUT2D eigenvalue weighted by atomic mass is 9.81. The predicted octanol–water partition coefficient (Wildman–Crippen LogP) is 7.71. The van der Waals surface area contributed by atoms with Crippen molar-refractivity contribution in [3.05, 3.63) is 92.5 Å². The van der Waals surface area contributed by atoms with Crippen LogP contribution in [0.25, 0.3) is 16.6 Å². The van der Waals surface area contributed by atoms with Gasteiger partial charge < -0.3 is 14.5 Å². The Bertz CT molecular complexity index is 2230. The van der Waals surface area contributed by atoms with Gasteiger partial charge in [0.1, 0.15) is 17.7 Å². The van der Waals surface area contributed by atoms with Gasteiger partial charge in [0, 0.05) is 44.2 Å². The second kappa shape index (κ2) is 14.9. The molecule has 3 amide bonds. The maximum atomic E-state index is 13.1. The Morgan fingerprint density at radius 3 is 2.36 bits per heavy atom. The molecule has 10 nitrogen and oxygen atoms in total. The van der Waals surface area contributed by atoms with Crippen molar-refractivity contribution in [1.29, 1.82) is 0 Å². The van der Waals surface area contributed by atoms with E-state index in [0.29, 0.717) is 35.3 Å². The third-order valence-electron chi connectivity index (χ3n) is 13.6. The molecule has 3 aromatic carbocycles. The van der Waals surface area contributed by atoms with Crippen LogP contribution >= 0.6 is 11.6 Å². The number of nitrogens with zero attached hydrogens (tertiary/aromatic N) is 5. The number of imide groups is 1. The highest BCUT2D eigenvalue weighted by atomic mass is 35.5. The van der Waals surface area contributed by atoms with E-state index < -0.39 is 0 Å². The first-order valence-electron chi connectivity index (χ1n) is 20.8. The molecule has 3 saturated heterocycles. The van der Waals surface area contributed by atoms with Crippen LogP contribution in [0, 0.1) is 12.8 Å². The Hall–Kier alpha value is -4.25. The number of aromatic nitrogens is 2. The summed E-state index contributed by atoms with van der Waals surface area (Å²) in [4.78, 5) is 48.8. The maximum Gasteiger partial charge on any atom is 0.328 e. The fourth-order valence-electron chi connectivity index (χ4n) is 10.4. The lowest BCUT2D eigenvalue weighted by Crippen LogP contribution is -2.49. The lowest BCUT2D eigenvalue weighted by Gasteiger charge is -2.42. The number of carbonyl (C=O) groups excluding carboxylic acids is 2. The molecule has 1 aromatic heterocycles. The summed E-state index contributed by atoms with van der Waals surface area (Å²) in [6.45, 7) is 12.3. The SMILES string of the molecule is Cc1c(OC2CCN(CC3CCC(N4CCC(c5ccc6c(c5)-n5c(nc(=O)c7c(Cl)cccc75)C6(C)C)CC4)CC3)CC2)cccc1N1CCC(=O)NC1=O. The molecule has 0 unspecified atom stereocenters. The van der Waals surface area contributed by atoms with Crippen molar-refractivity contribution in [3.63, 3.8) is 0 Å². The fourth-order valence-corrected chi connectivity index (χ4v) is 10.6. The summed E-state index contributed by atoms with van der Waals surface area (Å²) in [5.41, 5.74) is 5.67. The van der Waals surface area contributed by atoms with Gasteiger partial charge in [-0.3, -0.25) is 24.4 Å². The van der Waals surface area contributed by atoms with E-state index in [1.165, 1.54) is 56.2 Å². The first-order chi connectivity index (χ1) is 27.0. The van der Waals surface area contributed by atoms with Crippen LogP contribution in [-0.4, -0.2) is 82.7 Å². The number of rotatable bonds is 7. The molecule has 294 valence electrons. The second-order valence-corrected chi connectivity index (χ2v) is 17.8. The number of piperidine rings is 2. The summed E-state index contributed by atoms with van der Waals surface area (Å²) in [5, 5.41) is 3.37. The Morgan fingerprint density at radius 2 is 1.61 bits per heavy atom. The van der Waals surface area contributed by atoms with Gasteiger partial charge >= 0.3 is 6.03 Å². The van der Waals surface area contributed by atoms with Crippen molar-refractivity contribution in [2.24, 2.45) is 5.92 Å². The summed E-state index contributed by atoms with van der Waals surface area (Å²) < 4.78 is 8.70. The Kier molecular flexibility index (Phi) is 9.95. The van der Waals surface area contributed by atoms with Crippen LogP contribution in [0.3, 0.4) is 0 Å². The monoisotopic (exact) mass is 776 g/mol. The molecule has 4 aliphatic heterocycles. The number of halogens is 1. The molecular weight excluding hydrogens is 724 g/mol. The molecular formula is C45H53ClN6O4. The van der Waals surface area contributed by atoms with Crippen molar-refractivity contribution >= 4 is 40.1 Å². The molecule has 4 fully saturated rings. The van der Waals surface area contributed by atoms with Crippen LogP contribution in [0.2, 0.25) is 5.02 Å². The van der Waals surface area contributed by atoms with E-state index in [1.54, 1.807) is 11.0 Å². The van der Waals surface area contributed by atoms with Gasteiger partial charge in [0.2, 0.25) is 5.91 Å². The van der Waals surface area contributed by atoms with Crippen molar-refractivity contribution in [3.8, 4) is 11.4 Å². The fraction of sp³-hybridized carbons (Fsp3) is 0.511. The van der Waals surface area contributed by atoms with E-state index in [2.05, 4.69) is 56.7 Å². The molecule has 56 heavy (non-hydrogen) atoms. The van der Waals surface area contributed by atoms with Crippen LogP contribution in [0.5, 0.6) is 5.75 Å². The van der Waals surface area contributed by atoms with Crippen LogP contribution in [-0.2, 0) is 10.2 Å². The van der Waals surface area contributed by atoms with Gasteiger partial charge in [-0.25, -0.2) is 4.79 Å². The third kappa shape index (κ3) is 6.81. The quantitative estimate of drug-likeness (QED) is 0.205. The van der Waals surface area contributed by atoms with E-state index in [-0.39, 0.29) is 29.0 Å². The smallest absolute Gasteiger partial charge is 0.328 e. The molecule has 0 spiro atoms. The summed E-state index contributed by atoms with van der Waals surface area (Å²) in [6.07, 6.45) is 10.00. The van der Waals surface area contributed by atoms with E-state index in [0.717, 1.165) is 79.0 Å². The van der Waals surface area contributed by atoms with E-state index in [1.807, 2.05) is 37.3 Å². The number of amides is 3.